The van der Waals surface area contributed by atoms with Crippen LogP contribution in [0.15, 0.2) is 65.7 Å². The monoisotopic (exact) mass is 442 g/mol. The van der Waals surface area contributed by atoms with E-state index in [9.17, 15) is 0 Å². The Labute approximate surface area is 195 Å². The van der Waals surface area contributed by atoms with E-state index in [2.05, 4.69) is 70.5 Å². The van der Waals surface area contributed by atoms with Gasteiger partial charge in [-0.3, -0.25) is 0 Å². The molecule has 1 aromatic heterocycles. The Hall–Kier alpha value is -3.54. The third kappa shape index (κ3) is 4.51. The van der Waals surface area contributed by atoms with Crippen LogP contribution in [-0.2, 0) is 4.84 Å². The predicted octanol–water partition coefficient (Wildman–Crippen LogP) is 5.45. The van der Waals surface area contributed by atoms with Crippen molar-refractivity contribution in [3.05, 3.63) is 82.9 Å². The van der Waals surface area contributed by atoms with Gasteiger partial charge in [0.1, 0.15) is 5.75 Å². The highest BCUT2D eigenvalue weighted by molar-refractivity contribution is 6.02. The zero-order chi connectivity index (χ0) is 22.8. The Morgan fingerprint density at radius 1 is 1.09 bits per heavy atom. The average molecular weight is 443 g/mol. The van der Waals surface area contributed by atoms with Gasteiger partial charge in [-0.05, 0) is 61.6 Å². The number of amidine groups is 1. The van der Waals surface area contributed by atoms with E-state index in [1.807, 2.05) is 24.0 Å². The molecule has 2 aromatic carbocycles. The SMILES string of the molecule is COc1cc(/C=C2\CCCN3CC[C@@H](c4ccc(C)cc4)ON=C23)ccc1-n1cnc(C)c1. The lowest BCUT2D eigenvalue weighted by atomic mass is 9.99. The quantitative estimate of drug-likeness (QED) is 0.539. The fourth-order valence-corrected chi connectivity index (χ4v) is 4.55. The van der Waals surface area contributed by atoms with Crippen LogP contribution >= 0.6 is 0 Å². The Morgan fingerprint density at radius 2 is 1.94 bits per heavy atom. The van der Waals surface area contributed by atoms with Crippen LogP contribution in [0.1, 0.15) is 47.8 Å². The number of fused-ring (bicyclic) bond motifs is 1. The fraction of sp³-hybridized carbons (Fsp3) is 0.333. The van der Waals surface area contributed by atoms with Gasteiger partial charge in [0.2, 0.25) is 0 Å². The van der Waals surface area contributed by atoms with Crippen LogP contribution in [0, 0.1) is 13.8 Å². The molecule has 1 atom stereocenters. The molecule has 3 aromatic rings. The zero-order valence-electron chi connectivity index (χ0n) is 19.5. The normalized spacial score (nSPS) is 19.5. The second kappa shape index (κ2) is 9.14. The van der Waals surface area contributed by atoms with Gasteiger partial charge in [0, 0.05) is 25.7 Å². The summed E-state index contributed by atoms with van der Waals surface area (Å²) in [5, 5.41) is 4.64. The van der Waals surface area contributed by atoms with Crippen LogP contribution in [-0.4, -0.2) is 40.5 Å². The number of piperidine rings is 1. The van der Waals surface area contributed by atoms with Crippen LogP contribution in [0.2, 0.25) is 0 Å². The molecule has 0 unspecified atom stereocenters. The van der Waals surface area contributed by atoms with Crippen molar-refractivity contribution in [3.63, 3.8) is 0 Å². The number of aromatic nitrogens is 2. The van der Waals surface area contributed by atoms with Gasteiger partial charge in [-0.25, -0.2) is 4.98 Å². The number of imidazole rings is 1. The van der Waals surface area contributed by atoms with Crippen molar-refractivity contribution < 1.29 is 9.57 Å². The van der Waals surface area contributed by atoms with Crippen LogP contribution in [0.4, 0.5) is 0 Å². The summed E-state index contributed by atoms with van der Waals surface area (Å²) >= 11 is 0. The van der Waals surface area contributed by atoms with E-state index in [1.165, 1.54) is 16.7 Å². The molecule has 0 radical (unpaired) electrons. The molecule has 2 aliphatic rings. The summed E-state index contributed by atoms with van der Waals surface area (Å²) in [6.45, 7) is 6.04. The van der Waals surface area contributed by atoms with Gasteiger partial charge in [-0.2, -0.15) is 0 Å². The number of benzene rings is 2. The molecule has 33 heavy (non-hydrogen) atoms. The highest BCUT2D eigenvalue weighted by Crippen LogP contribution is 2.31. The van der Waals surface area contributed by atoms with E-state index in [1.54, 1.807) is 7.11 Å². The minimum atomic E-state index is -0.0111. The first-order chi connectivity index (χ1) is 16.1. The number of aryl methyl sites for hydroxylation is 2. The lowest BCUT2D eigenvalue weighted by Gasteiger charge is -2.29. The smallest absolute Gasteiger partial charge is 0.171 e. The molecule has 1 fully saturated rings. The molecule has 6 nitrogen and oxygen atoms in total. The molecule has 0 saturated carbocycles. The Balaban J connectivity index is 1.42. The number of hydrogen-bond acceptors (Lipinski definition) is 5. The van der Waals surface area contributed by atoms with Crippen molar-refractivity contribution in [1.82, 2.24) is 14.5 Å². The molecule has 5 rings (SSSR count). The van der Waals surface area contributed by atoms with Crippen LogP contribution in [0.25, 0.3) is 11.8 Å². The zero-order valence-corrected chi connectivity index (χ0v) is 19.5. The molecule has 0 N–H and O–H groups in total. The molecular weight excluding hydrogens is 412 g/mol. The first kappa shape index (κ1) is 21.3. The fourth-order valence-electron chi connectivity index (χ4n) is 4.55. The first-order valence-electron chi connectivity index (χ1n) is 11.6. The van der Waals surface area contributed by atoms with Gasteiger partial charge in [0.25, 0.3) is 0 Å². The number of hydrogen-bond donors (Lipinski definition) is 0. The summed E-state index contributed by atoms with van der Waals surface area (Å²) in [5.74, 6) is 1.78. The van der Waals surface area contributed by atoms with Crippen molar-refractivity contribution in [2.24, 2.45) is 5.16 Å². The Morgan fingerprint density at radius 3 is 2.70 bits per heavy atom. The van der Waals surface area contributed by atoms with Gasteiger partial charge in [0.05, 0.1) is 24.8 Å². The molecule has 0 amide bonds. The van der Waals surface area contributed by atoms with Crippen molar-refractivity contribution in [2.75, 3.05) is 20.2 Å². The van der Waals surface area contributed by atoms with Crippen molar-refractivity contribution in [3.8, 4) is 11.4 Å². The second-order valence-electron chi connectivity index (χ2n) is 8.82. The lowest BCUT2D eigenvalue weighted by Crippen LogP contribution is -2.37. The molecule has 6 heteroatoms. The minimum Gasteiger partial charge on any atom is -0.495 e. The topological polar surface area (TPSA) is 51.9 Å². The summed E-state index contributed by atoms with van der Waals surface area (Å²) in [7, 11) is 1.70. The summed E-state index contributed by atoms with van der Waals surface area (Å²) in [6.07, 6.45) is 9.04. The highest BCUT2D eigenvalue weighted by Gasteiger charge is 2.27. The lowest BCUT2D eigenvalue weighted by molar-refractivity contribution is 0.0576. The van der Waals surface area contributed by atoms with E-state index in [0.29, 0.717) is 0 Å². The number of oxime groups is 1. The Bertz CT molecular complexity index is 1190. The van der Waals surface area contributed by atoms with E-state index in [-0.39, 0.29) is 6.10 Å². The summed E-state index contributed by atoms with van der Waals surface area (Å²) in [5.41, 5.74) is 6.68. The maximum absolute atomic E-state index is 6.06. The molecule has 2 aliphatic heterocycles. The molecule has 1 saturated heterocycles. The maximum atomic E-state index is 6.06. The summed E-state index contributed by atoms with van der Waals surface area (Å²) < 4.78 is 7.68. The number of rotatable bonds is 4. The van der Waals surface area contributed by atoms with E-state index >= 15 is 0 Å². The second-order valence-corrected chi connectivity index (χ2v) is 8.82. The van der Waals surface area contributed by atoms with Gasteiger partial charge in [0.15, 0.2) is 11.9 Å². The molecular formula is C27H30N4O2. The number of ether oxygens (including phenoxy) is 1. The van der Waals surface area contributed by atoms with Gasteiger partial charge >= 0.3 is 0 Å². The molecule has 0 aliphatic carbocycles. The van der Waals surface area contributed by atoms with Gasteiger partial charge < -0.3 is 19.0 Å². The van der Waals surface area contributed by atoms with Crippen molar-refractivity contribution in [2.45, 2.75) is 39.2 Å². The molecule has 170 valence electrons. The van der Waals surface area contributed by atoms with Crippen LogP contribution < -0.4 is 4.74 Å². The van der Waals surface area contributed by atoms with Gasteiger partial charge in [-0.1, -0.05) is 41.1 Å². The van der Waals surface area contributed by atoms with E-state index < -0.39 is 0 Å². The molecule has 3 heterocycles. The third-order valence-corrected chi connectivity index (χ3v) is 6.37. The highest BCUT2D eigenvalue weighted by atomic mass is 16.6. The van der Waals surface area contributed by atoms with Crippen molar-refractivity contribution in [1.29, 1.82) is 0 Å². The molecule has 0 spiro atoms. The third-order valence-electron chi connectivity index (χ3n) is 6.37. The summed E-state index contributed by atoms with van der Waals surface area (Å²) in [4.78, 5) is 12.8. The van der Waals surface area contributed by atoms with Crippen molar-refractivity contribution >= 4 is 11.9 Å². The largest absolute Gasteiger partial charge is 0.495 e. The standard InChI is InChI=1S/C27H30N4O2/c1-19-6-9-22(10-7-19)25-12-14-30-13-4-5-23(27(30)29-33-25)15-21-8-11-24(26(16-21)32-3)31-17-20(2)28-18-31/h6-11,15-18,25H,4-5,12-14H2,1-3H3/b23-15+/t25-/m0/s1. The number of nitrogens with zero attached hydrogens (tertiary/aromatic N) is 4. The number of methoxy groups -OCH3 is 1. The van der Waals surface area contributed by atoms with E-state index in [0.717, 1.165) is 60.9 Å². The van der Waals surface area contributed by atoms with Gasteiger partial charge in [-0.15, -0.1) is 0 Å². The van der Waals surface area contributed by atoms with E-state index in [4.69, 9.17) is 9.57 Å². The maximum Gasteiger partial charge on any atom is 0.171 e. The average Bonchev–Trinajstić information content (AvgIpc) is 3.14. The summed E-state index contributed by atoms with van der Waals surface area (Å²) in [6, 6.07) is 14.8. The first-order valence-corrected chi connectivity index (χ1v) is 11.6. The Kier molecular flexibility index (Phi) is 5.90. The van der Waals surface area contributed by atoms with Crippen LogP contribution in [0.5, 0.6) is 5.75 Å². The minimum absolute atomic E-state index is 0.0111. The molecule has 0 bridgehead atoms. The predicted molar refractivity (Wildman–Crippen MR) is 131 cm³/mol. The van der Waals surface area contributed by atoms with Crippen LogP contribution in [0.3, 0.4) is 0 Å².